The SMILES string of the molecule is CN1C=C(c2ccnc(-n3ncc4c5n(cc4c3=O)CCCC5)c2CO)C=C(Nc2ccc(N3CCN(C4COC4)CC3)cn2)C1O. The van der Waals surface area contributed by atoms with Gasteiger partial charge >= 0.3 is 0 Å². The van der Waals surface area contributed by atoms with Crippen molar-refractivity contribution in [2.24, 2.45) is 0 Å². The molecule has 13 heteroatoms. The summed E-state index contributed by atoms with van der Waals surface area (Å²) in [5.41, 5.74) is 4.34. The first-order valence-electron chi connectivity index (χ1n) is 16.3. The number of rotatable bonds is 7. The van der Waals surface area contributed by atoms with Crippen molar-refractivity contribution in [3.05, 3.63) is 88.1 Å². The lowest BCUT2D eigenvalue weighted by molar-refractivity contribution is -0.0660. The number of allylic oxidation sites excluding steroid dienone is 2. The Hall–Kier alpha value is -4.56. The monoisotopic (exact) mass is 637 g/mol. The van der Waals surface area contributed by atoms with Gasteiger partial charge in [-0.15, -0.1) is 0 Å². The Morgan fingerprint density at radius 3 is 2.62 bits per heavy atom. The van der Waals surface area contributed by atoms with Crippen molar-refractivity contribution in [3.8, 4) is 5.82 Å². The van der Waals surface area contributed by atoms with E-state index in [1.807, 2.05) is 24.5 Å². The van der Waals surface area contributed by atoms with Crippen LogP contribution in [0.15, 0.2) is 65.8 Å². The Bertz CT molecular complexity index is 1920. The molecule has 1 atom stereocenters. The molecule has 4 aromatic heterocycles. The molecule has 3 N–H and O–H groups in total. The Labute approximate surface area is 272 Å². The summed E-state index contributed by atoms with van der Waals surface area (Å²) in [5, 5.41) is 30.9. The molecule has 8 heterocycles. The fraction of sp³-hybridized carbons (Fsp3) is 0.412. The minimum absolute atomic E-state index is 0.267. The summed E-state index contributed by atoms with van der Waals surface area (Å²) in [7, 11) is 1.78. The van der Waals surface area contributed by atoms with Crippen LogP contribution in [0, 0.1) is 0 Å². The summed E-state index contributed by atoms with van der Waals surface area (Å²) in [5.74, 6) is 0.883. The normalized spacial score (nSPS) is 20.5. The number of aromatic nitrogens is 5. The van der Waals surface area contributed by atoms with E-state index in [4.69, 9.17) is 4.74 Å². The molecule has 0 spiro atoms. The molecule has 4 aliphatic heterocycles. The first-order chi connectivity index (χ1) is 23.0. The van der Waals surface area contributed by atoms with E-state index in [1.54, 1.807) is 36.6 Å². The van der Waals surface area contributed by atoms with Crippen LogP contribution >= 0.6 is 0 Å². The largest absolute Gasteiger partial charge is 0.392 e. The van der Waals surface area contributed by atoms with Crippen molar-refractivity contribution in [2.45, 2.75) is 44.7 Å². The lowest BCUT2D eigenvalue weighted by Gasteiger charge is -2.43. The Balaban J connectivity index is 1.05. The molecule has 2 saturated heterocycles. The molecule has 47 heavy (non-hydrogen) atoms. The van der Waals surface area contributed by atoms with Crippen molar-refractivity contribution >= 4 is 27.9 Å². The second-order valence-electron chi connectivity index (χ2n) is 12.7. The highest BCUT2D eigenvalue weighted by Gasteiger charge is 2.29. The summed E-state index contributed by atoms with van der Waals surface area (Å²) in [6.45, 7) is 6.11. The van der Waals surface area contributed by atoms with E-state index in [0.717, 1.165) is 87.5 Å². The van der Waals surface area contributed by atoms with Crippen LogP contribution in [0.3, 0.4) is 0 Å². The molecule has 0 aliphatic carbocycles. The second kappa shape index (κ2) is 12.2. The highest BCUT2D eigenvalue weighted by atomic mass is 16.5. The first kappa shape index (κ1) is 29.8. The van der Waals surface area contributed by atoms with E-state index >= 15 is 0 Å². The number of hydrogen-bond acceptors (Lipinski definition) is 11. The van der Waals surface area contributed by atoms with Crippen LogP contribution in [0.25, 0.3) is 22.2 Å². The van der Waals surface area contributed by atoms with Gasteiger partial charge in [-0.3, -0.25) is 9.69 Å². The molecule has 0 bridgehead atoms. The Morgan fingerprint density at radius 2 is 1.87 bits per heavy atom. The number of likely N-dealkylation sites (N-methyl/N-ethyl adjacent to an activating group) is 1. The fourth-order valence-electron chi connectivity index (χ4n) is 7.11. The number of nitrogens with one attached hydrogen (secondary N) is 1. The van der Waals surface area contributed by atoms with Crippen molar-refractivity contribution in [1.29, 1.82) is 0 Å². The molecule has 0 radical (unpaired) electrons. The van der Waals surface area contributed by atoms with Gasteiger partial charge in [-0.1, -0.05) is 0 Å². The summed E-state index contributed by atoms with van der Waals surface area (Å²) >= 11 is 0. The van der Waals surface area contributed by atoms with Crippen LogP contribution in [-0.2, 0) is 24.3 Å². The van der Waals surface area contributed by atoms with Gasteiger partial charge in [0, 0.05) is 80.6 Å². The zero-order valence-corrected chi connectivity index (χ0v) is 26.4. The van der Waals surface area contributed by atoms with Crippen LogP contribution in [0.5, 0.6) is 0 Å². The minimum atomic E-state index is -0.935. The number of ether oxygens (including phenoxy) is 1. The number of fused-ring (bicyclic) bond motifs is 3. The van der Waals surface area contributed by atoms with Crippen molar-refractivity contribution in [1.82, 2.24) is 34.1 Å². The lowest BCUT2D eigenvalue weighted by Crippen LogP contribution is -2.56. The summed E-state index contributed by atoms with van der Waals surface area (Å²) in [6.07, 6.45) is 12.9. The average molecular weight is 638 g/mol. The Morgan fingerprint density at radius 1 is 1.02 bits per heavy atom. The number of aliphatic hydroxyl groups excluding tert-OH is 2. The number of aliphatic hydroxyl groups is 2. The van der Waals surface area contributed by atoms with E-state index in [1.165, 1.54) is 4.68 Å². The highest BCUT2D eigenvalue weighted by Crippen LogP contribution is 2.31. The summed E-state index contributed by atoms with van der Waals surface area (Å²) in [4.78, 5) is 29.4. The predicted molar refractivity (Wildman–Crippen MR) is 178 cm³/mol. The van der Waals surface area contributed by atoms with Gasteiger partial charge in [-0.25, -0.2) is 9.97 Å². The molecule has 1 unspecified atom stereocenters. The maximum absolute atomic E-state index is 13.7. The number of pyridine rings is 2. The van der Waals surface area contributed by atoms with E-state index in [0.29, 0.717) is 34.1 Å². The van der Waals surface area contributed by atoms with Crippen LogP contribution in [0.2, 0.25) is 0 Å². The van der Waals surface area contributed by atoms with Crippen LogP contribution in [0.1, 0.15) is 29.7 Å². The predicted octanol–water partition coefficient (Wildman–Crippen LogP) is 1.93. The molecule has 244 valence electrons. The summed E-state index contributed by atoms with van der Waals surface area (Å²) in [6, 6.07) is 6.33. The second-order valence-corrected chi connectivity index (χ2v) is 12.7. The molecule has 0 amide bonds. The van der Waals surface area contributed by atoms with E-state index in [9.17, 15) is 15.0 Å². The number of nitrogens with zero attached hydrogens (tertiary/aromatic N) is 8. The molecule has 0 aromatic carbocycles. The number of aryl methyl sites for hydroxylation is 2. The van der Waals surface area contributed by atoms with E-state index < -0.39 is 6.23 Å². The van der Waals surface area contributed by atoms with Gasteiger partial charge < -0.3 is 34.6 Å². The Kier molecular flexibility index (Phi) is 7.76. The molecule has 8 rings (SSSR count). The number of hydrogen-bond donors (Lipinski definition) is 3. The third kappa shape index (κ3) is 5.38. The molecule has 0 saturated carbocycles. The van der Waals surface area contributed by atoms with Crippen LogP contribution < -0.4 is 15.8 Å². The highest BCUT2D eigenvalue weighted by molar-refractivity contribution is 5.84. The van der Waals surface area contributed by atoms with E-state index in [-0.39, 0.29) is 18.0 Å². The standard InChI is InChI=1S/C34H39N9O4/c1-39-17-22(14-29(34(39)46)38-31-6-5-23(15-36-31)40-10-12-41(13-11-40)24-20-47-21-24)25-7-8-35-32(28(25)19-44)43-33(45)27-18-42-9-3-2-4-30(42)26(27)16-37-43/h5-8,14-18,24,34,44,46H,2-4,9-13,19-21H2,1H3,(H,36,38). The topological polar surface area (TPSA) is 137 Å². The lowest BCUT2D eigenvalue weighted by atomic mass is 9.98. The fourth-order valence-corrected chi connectivity index (χ4v) is 7.11. The quantitative estimate of drug-likeness (QED) is 0.274. The van der Waals surface area contributed by atoms with Gasteiger partial charge in [0.1, 0.15) is 5.82 Å². The molecule has 4 aliphatic rings. The van der Waals surface area contributed by atoms with Crippen molar-refractivity contribution in [3.63, 3.8) is 0 Å². The molecular weight excluding hydrogens is 598 g/mol. The third-order valence-electron chi connectivity index (χ3n) is 9.88. The molecule has 4 aromatic rings. The zero-order chi connectivity index (χ0) is 32.1. The van der Waals surface area contributed by atoms with Crippen LogP contribution in [-0.4, -0.2) is 103 Å². The maximum Gasteiger partial charge on any atom is 0.282 e. The van der Waals surface area contributed by atoms with Gasteiger partial charge in [0.15, 0.2) is 12.0 Å². The summed E-state index contributed by atoms with van der Waals surface area (Å²) < 4.78 is 8.79. The van der Waals surface area contributed by atoms with Gasteiger partial charge in [0.25, 0.3) is 5.56 Å². The van der Waals surface area contributed by atoms with Gasteiger partial charge in [0.2, 0.25) is 0 Å². The number of piperazine rings is 1. The van der Waals surface area contributed by atoms with Crippen molar-refractivity contribution in [2.75, 3.05) is 56.7 Å². The van der Waals surface area contributed by atoms with Crippen LogP contribution in [0.4, 0.5) is 11.5 Å². The minimum Gasteiger partial charge on any atom is -0.392 e. The van der Waals surface area contributed by atoms with Crippen molar-refractivity contribution < 1.29 is 14.9 Å². The van der Waals surface area contributed by atoms with E-state index in [2.05, 4.69) is 40.8 Å². The zero-order valence-electron chi connectivity index (χ0n) is 26.4. The average Bonchev–Trinajstić information content (AvgIpc) is 3.46. The third-order valence-corrected chi connectivity index (χ3v) is 9.88. The first-order valence-corrected chi connectivity index (χ1v) is 16.3. The maximum atomic E-state index is 13.7. The van der Waals surface area contributed by atoms with Gasteiger partial charge in [-0.2, -0.15) is 9.78 Å². The van der Waals surface area contributed by atoms with Gasteiger partial charge in [-0.05, 0) is 49.1 Å². The smallest absolute Gasteiger partial charge is 0.282 e. The molecular formula is C34H39N9O4. The molecule has 2 fully saturated rings. The van der Waals surface area contributed by atoms with Gasteiger partial charge in [0.05, 0.1) is 55.0 Å². The number of anilines is 2. The molecule has 13 nitrogen and oxygen atoms in total.